The van der Waals surface area contributed by atoms with Gasteiger partial charge in [-0.3, -0.25) is 9.78 Å². The van der Waals surface area contributed by atoms with Crippen molar-refractivity contribution < 1.29 is 8.42 Å². The SMILES string of the molecule is O=c1[nH]c(NS(=O)(=O)c2ccc(C3CCCCC3)cc2)nc2nc[nH]c12. The molecule has 2 aromatic heterocycles. The summed E-state index contributed by atoms with van der Waals surface area (Å²) in [6, 6.07) is 6.93. The lowest BCUT2D eigenvalue weighted by Crippen LogP contribution is -2.19. The summed E-state index contributed by atoms with van der Waals surface area (Å²) in [5.74, 6) is 0.347. The molecule has 2 heterocycles. The quantitative estimate of drug-likeness (QED) is 0.649. The second-order valence-corrected chi connectivity index (χ2v) is 8.21. The Hall–Kier alpha value is -2.68. The highest BCUT2D eigenvalue weighted by atomic mass is 32.2. The van der Waals surface area contributed by atoms with E-state index in [1.807, 2.05) is 12.1 Å². The third kappa shape index (κ3) is 3.22. The minimum absolute atomic E-state index is 0.127. The van der Waals surface area contributed by atoms with E-state index in [9.17, 15) is 13.2 Å². The molecule has 0 bridgehead atoms. The number of aromatic nitrogens is 4. The fourth-order valence-electron chi connectivity index (χ4n) is 3.43. The van der Waals surface area contributed by atoms with Gasteiger partial charge in [0.15, 0.2) is 11.2 Å². The van der Waals surface area contributed by atoms with Gasteiger partial charge in [0, 0.05) is 0 Å². The second kappa shape index (κ2) is 6.56. The number of sulfonamides is 1. The van der Waals surface area contributed by atoms with Crippen LogP contribution < -0.4 is 10.3 Å². The standard InChI is InChI=1S/C17H19N5O3S/c23-16-14-15(19-10-18-14)20-17(21-16)22-26(24,25)13-8-6-12(7-9-13)11-4-2-1-3-5-11/h6-11H,1-5H2,(H3,18,19,20,21,22,23). The van der Waals surface area contributed by atoms with Crippen molar-refractivity contribution in [2.45, 2.75) is 42.9 Å². The molecule has 26 heavy (non-hydrogen) atoms. The van der Waals surface area contributed by atoms with Gasteiger partial charge in [-0.2, -0.15) is 4.98 Å². The number of anilines is 1. The zero-order chi connectivity index (χ0) is 18.1. The van der Waals surface area contributed by atoms with Gasteiger partial charge in [0.1, 0.15) is 0 Å². The van der Waals surface area contributed by atoms with Crippen LogP contribution in [0.5, 0.6) is 0 Å². The highest BCUT2D eigenvalue weighted by molar-refractivity contribution is 7.92. The normalized spacial score (nSPS) is 16.0. The number of nitrogens with zero attached hydrogens (tertiary/aromatic N) is 2. The Morgan fingerprint density at radius 2 is 1.81 bits per heavy atom. The molecule has 3 aromatic rings. The number of aromatic amines is 2. The summed E-state index contributed by atoms with van der Waals surface area (Å²) in [6.45, 7) is 0. The van der Waals surface area contributed by atoms with E-state index in [1.54, 1.807) is 12.1 Å². The molecular formula is C17H19N5O3S. The lowest BCUT2D eigenvalue weighted by molar-refractivity contribution is 0.443. The van der Waals surface area contributed by atoms with E-state index >= 15 is 0 Å². The van der Waals surface area contributed by atoms with Crippen molar-refractivity contribution in [3.05, 3.63) is 46.5 Å². The number of nitrogens with one attached hydrogen (secondary N) is 3. The van der Waals surface area contributed by atoms with Gasteiger partial charge in [0.2, 0.25) is 5.95 Å². The van der Waals surface area contributed by atoms with E-state index in [-0.39, 0.29) is 22.0 Å². The average Bonchev–Trinajstić information content (AvgIpc) is 3.11. The summed E-state index contributed by atoms with van der Waals surface area (Å²) in [4.78, 5) is 25.0. The second-order valence-electron chi connectivity index (χ2n) is 6.53. The van der Waals surface area contributed by atoms with Crippen LogP contribution in [0, 0.1) is 0 Å². The predicted molar refractivity (Wildman–Crippen MR) is 97.6 cm³/mol. The molecule has 0 saturated heterocycles. The first kappa shape index (κ1) is 16.8. The molecule has 136 valence electrons. The molecule has 0 amide bonds. The molecular weight excluding hydrogens is 354 g/mol. The predicted octanol–water partition coefficient (Wildman–Crippen LogP) is 2.49. The number of fused-ring (bicyclic) bond motifs is 1. The zero-order valence-electron chi connectivity index (χ0n) is 14.0. The minimum atomic E-state index is -3.85. The summed E-state index contributed by atoms with van der Waals surface area (Å²) < 4.78 is 27.5. The summed E-state index contributed by atoms with van der Waals surface area (Å²) in [7, 11) is -3.85. The average molecular weight is 373 g/mol. The Morgan fingerprint density at radius 3 is 2.54 bits per heavy atom. The highest BCUT2D eigenvalue weighted by Crippen LogP contribution is 2.32. The number of hydrogen-bond acceptors (Lipinski definition) is 5. The van der Waals surface area contributed by atoms with Gasteiger partial charge in [0.05, 0.1) is 11.2 Å². The minimum Gasteiger partial charge on any atom is -0.339 e. The van der Waals surface area contributed by atoms with Gasteiger partial charge in [-0.15, -0.1) is 0 Å². The molecule has 3 N–H and O–H groups in total. The van der Waals surface area contributed by atoms with Gasteiger partial charge in [-0.25, -0.2) is 18.1 Å². The lowest BCUT2D eigenvalue weighted by atomic mass is 9.84. The Kier molecular flexibility index (Phi) is 4.23. The highest BCUT2D eigenvalue weighted by Gasteiger charge is 2.19. The molecule has 0 spiro atoms. The molecule has 9 heteroatoms. The number of imidazole rings is 1. The lowest BCUT2D eigenvalue weighted by Gasteiger charge is -2.22. The van der Waals surface area contributed by atoms with Crippen molar-refractivity contribution in [3.8, 4) is 0 Å². The fraction of sp³-hybridized carbons (Fsp3) is 0.353. The van der Waals surface area contributed by atoms with Crippen LogP contribution in [0.25, 0.3) is 11.2 Å². The maximum atomic E-state index is 12.6. The summed E-state index contributed by atoms with van der Waals surface area (Å²) in [5.41, 5.74) is 1.04. The van der Waals surface area contributed by atoms with E-state index in [2.05, 4.69) is 24.7 Å². The van der Waals surface area contributed by atoms with Crippen LogP contribution in [0.1, 0.15) is 43.6 Å². The Balaban J connectivity index is 1.58. The van der Waals surface area contributed by atoms with E-state index in [0.717, 1.165) is 12.8 Å². The number of benzene rings is 1. The van der Waals surface area contributed by atoms with Crippen LogP contribution in [-0.4, -0.2) is 28.4 Å². The number of hydrogen-bond donors (Lipinski definition) is 3. The van der Waals surface area contributed by atoms with Crippen molar-refractivity contribution in [2.24, 2.45) is 0 Å². The zero-order valence-corrected chi connectivity index (χ0v) is 14.8. The van der Waals surface area contributed by atoms with Crippen molar-refractivity contribution >= 4 is 27.1 Å². The van der Waals surface area contributed by atoms with Crippen LogP contribution >= 0.6 is 0 Å². The molecule has 0 unspecified atom stereocenters. The molecule has 1 aliphatic rings. The molecule has 1 aromatic carbocycles. The number of rotatable bonds is 4. The molecule has 0 atom stereocenters. The molecule has 0 radical (unpaired) electrons. The van der Waals surface area contributed by atoms with Gasteiger partial charge < -0.3 is 4.98 Å². The first-order valence-corrected chi connectivity index (χ1v) is 10.1. The van der Waals surface area contributed by atoms with Crippen molar-refractivity contribution in [2.75, 3.05) is 4.72 Å². The molecule has 0 aliphatic heterocycles. The van der Waals surface area contributed by atoms with E-state index in [0.29, 0.717) is 5.92 Å². The molecule has 1 aliphatic carbocycles. The van der Waals surface area contributed by atoms with Crippen LogP contribution in [0.3, 0.4) is 0 Å². The third-order valence-corrected chi connectivity index (χ3v) is 6.15. The third-order valence-electron chi connectivity index (χ3n) is 4.79. The van der Waals surface area contributed by atoms with Crippen LogP contribution in [0.2, 0.25) is 0 Å². The topological polar surface area (TPSA) is 121 Å². The van der Waals surface area contributed by atoms with Crippen molar-refractivity contribution in [3.63, 3.8) is 0 Å². The van der Waals surface area contributed by atoms with E-state index in [1.165, 1.54) is 31.2 Å². The first-order valence-electron chi connectivity index (χ1n) is 8.59. The van der Waals surface area contributed by atoms with Crippen molar-refractivity contribution in [1.29, 1.82) is 0 Å². The van der Waals surface area contributed by atoms with Gasteiger partial charge >= 0.3 is 0 Å². The first-order chi connectivity index (χ1) is 12.5. The Labute approximate surface area is 150 Å². The number of H-pyrrole nitrogens is 2. The van der Waals surface area contributed by atoms with Gasteiger partial charge in [-0.05, 0) is 36.5 Å². The summed E-state index contributed by atoms with van der Waals surface area (Å²) in [5, 5.41) is 0. The maximum Gasteiger partial charge on any atom is 0.278 e. The van der Waals surface area contributed by atoms with Crippen LogP contribution in [0.15, 0.2) is 40.3 Å². The molecule has 1 saturated carbocycles. The van der Waals surface area contributed by atoms with Gasteiger partial charge in [0.25, 0.3) is 15.6 Å². The Bertz CT molecular complexity index is 1080. The molecule has 4 rings (SSSR count). The largest absolute Gasteiger partial charge is 0.339 e. The van der Waals surface area contributed by atoms with Gasteiger partial charge in [-0.1, -0.05) is 31.4 Å². The summed E-state index contributed by atoms with van der Waals surface area (Å²) in [6.07, 6.45) is 7.36. The fourth-order valence-corrected chi connectivity index (χ4v) is 4.40. The molecule has 1 fully saturated rings. The monoisotopic (exact) mass is 373 g/mol. The van der Waals surface area contributed by atoms with Crippen molar-refractivity contribution in [1.82, 2.24) is 19.9 Å². The van der Waals surface area contributed by atoms with E-state index < -0.39 is 15.6 Å². The van der Waals surface area contributed by atoms with Crippen LogP contribution in [0.4, 0.5) is 5.95 Å². The molecule has 8 nitrogen and oxygen atoms in total. The summed E-state index contributed by atoms with van der Waals surface area (Å²) >= 11 is 0. The maximum absolute atomic E-state index is 12.6. The Morgan fingerprint density at radius 1 is 1.08 bits per heavy atom. The van der Waals surface area contributed by atoms with E-state index in [4.69, 9.17) is 0 Å². The smallest absolute Gasteiger partial charge is 0.278 e. The van der Waals surface area contributed by atoms with Crippen LogP contribution in [-0.2, 0) is 10.0 Å².